The lowest BCUT2D eigenvalue weighted by Crippen LogP contribution is -2.36. The molecule has 0 aliphatic heterocycles. The van der Waals surface area contributed by atoms with Crippen molar-refractivity contribution in [3.63, 3.8) is 0 Å². The number of anilines is 1. The first kappa shape index (κ1) is 15.4. The molecule has 3 N–H and O–H groups in total. The van der Waals surface area contributed by atoms with Crippen molar-refractivity contribution in [2.75, 3.05) is 11.5 Å². The molecule has 0 fully saturated rings. The molecule has 1 aromatic rings. The van der Waals surface area contributed by atoms with E-state index in [4.69, 9.17) is 5.73 Å². The van der Waals surface area contributed by atoms with E-state index in [0.29, 0.717) is 0 Å². The number of carbonyl (C=O) groups excluding carboxylic acids is 1. The summed E-state index contributed by atoms with van der Waals surface area (Å²) in [7, 11) is -3.73. The number of nitrogens with one attached hydrogen (secondary N) is 1. The van der Waals surface area contributed by atoms with Gasteiger partial charge in [-0.3, -0.25) is 9.78 Å². The number of carbonyl (C=O) groups is 1. The highest BCUT2D eigenvalue weighted by Gasteiger charge is 2.22. The van der Waals surface area contributed by atoms with E-state index in [2.05, 4.69) is 10.3 Å². The SMILES string of the molecule is CCCC(C)NC(=O)CS(=O)(=O)c1ccncc1N. The predicted molar refractivity (Wildman–Crippen MR) is 73.2 cm³/mol. The molecule has 0 saturated heterocycles. The zero-order valence-corrected chi connectivity index (χ0v) is 11.9. The zero-order valence-electron chi connectivity index (χ0n) is 11.1. The average molecular weight is 285 g/mol. The predicted octanol–water partition coefficient (Wildman–Crippen LogP) is 0.742. The minimum atomic E-state index is -3.73. The molecule has 1 unspecified atom stereocenters. The lowest BCUT2D eigenvalue weighted by molar-refractivity contribution is -0.119. The van der Waals surface area contributed by atoms with Crippen molar-refractivity contribution in [1.82, 2.24) is 10.3 Å². The summed E-state index contributed by atoms with van der Waals surface area (Å²) in [5.41, 5.74) is 5.61. The summed E-state index contributed by atoms with van der Waals surface area (Å²) in [6, 6.07) is 1.26. The Hall–Kier alpha value is -1.63. The van der Waals surface area contributed by atoms with Gasteiger partial charge in [0, 0.05) is 12.2 Å². The highest BCUT2D eigenvalue weighted by atomic mass is 32.2. The molecule has 1 heterocycles. The number of nitrogens with zero attached hydrogens (tertiary/aromatic N) is 1. The first-order valence-corrected chi connectivity index (χ1v) is 7.73. The van der Waals surface area contributed by atoms with Gasteiger partial charge >= 0.3 is 0 Å². The molecule has 0 radical (unpaired) electrons. The topological polar surface area (TPSA) is 102 Å². The summed E-state index contributed by atoms with van der Waals surface area (Å²) in [5, 5.41) is 2.65. The fourth-order valence-electron chi connectivity index (χ4n) is 1.75. The summed E-state index contributed by atoms with van der Waals surface area (Å²) in [6.07, 6.45) is 4.32. The van der Waals surface area contributed by atoms with Crippen LogP contribution in [0.2, 0.25) is 0 Å². The van der Waals surface area contributed by atoms with Crippen LogP contribution in [0.4, 0.5) is 5.69 Å². The second-order valence-corrected chi connectivity index (χ2v) is 6.39. The Bertz CT molecular complexity index is 543. The van der Waals surface area contributed by atoms with Crippen LogP contribution in [-0.2, 0) is 14.6 Å². The van der Waals surface area contributed by atoms with Crippen molar-refractivity contribution >= 4 is 21.4 Å². The van der Waals surface area contributed by atoms with Gasteiger partial charge in [0.25, 0.3) is 0 Å². The van der Waals surface area contributed by atoms with Crippen LogP contribution in [0.15, 0.2) is 23.4 Å². The number of hydrogen-bond donors (Lipinski definition) is 2. The minimum absolute atomic E-state index is 0.0394. The Labute approximate surface area is 113 Å². The quantitative estimate of drug-likeness (QED) is 0.802. The Kier molecular flexibility index (Phi) is 5.29. The molecule has 6 nitrogen and oxygen atoms in total. The second kappa shape index (κ2) is 6.51. The van der Waals surface area contributed by atoms with Crippen molar-refractivity contribution < 1.29 is 13.2 Å². The molecule has 0 saturated carbocycles. The van der Waals surface area contributed by atoms with Crippen LogP contribution < -0.4 is 11.1 Å². The van der Waals surface area contributed by atoms with Gasteiger partial charge in [0.05, 0.1) is 16.8 Å². The minimum Gasteiger partial charge on any atom is -0.396 e. The van der Waals surface area contributed by atoms with Gasteiger partial charge in [0.2, 0.25) is 5.91 Å². The Balaban J connectivity index is 2.76. The van der Waals surface area contributed by atoms with Crippen LogP contribution in [0.25, 0.3) is 0 Å². The molecular weight excluding hydrogens is 266 g/mol. The molecule has 1 rings (SSSR count). The molecule has 0 aromatic carbocycles. The molecule has 1 aromatic heterocycles. The fourth-order valence-corrected chi connectivity index (χ4v) is 3.01. The summed E-state index contributed by atoms with van der Waals surface area (Å²) >= 11 is 0. The molecule has 7 heteroatoms. The van der Waals surface area contributed by atoms with Crippen molar-refractivity contribution in [3.8, 4) is 0 Å². The number of hydrogen-bond acceptors (Lipinski definition) is 5. The number of nitrogens with two attached hydrogens (primary N) is 1. The van der Waals surface area contributed by atoms with Gasteiger partial charge in [-0.2, -0.15) is 0 Å². The maximum Gasteiger partial charge on any atom is 0.235 e. The van der Waals surface area contributed by atoms with E-state index in [1.165, 1.54) is 18.5 Å². The maximum atomic E-state index is 12.0. The lowest BCUT2D eigenvalue weighted by Gasteiger charge is -2.13. The maximum absolute atomic E-state index is 12.0. The normalized spacial score (nSPS) is 12.9. The molecular formula is C12H19N3O3S. The molecule has 19 heavy (non-hydrogen) atoms. The summed E-state index contributed by atoms with van der Waals surface area (Å²) < 4.78 is 24.1. The van der Waals surface area contributed by atoms with Crippen molar-refractivity contribution in [1.29, 1.82) is 0 Å². The summed E-state index contributed by atoms with van der Waals surface area (Å²) in [5.74, 6) is -1.12. The Morgan fingerprint density at radius 1 is 1.53 bits per heavy atom. The number of aromatic nitrogens is 1. The van der Waals surface area contributed by atoms with Gasteiger partial charge < -0.3 is 11.1 Å². The van der Waals surface area contributed by atoms with E-state index in [9.17, 15) is 13.2 Å². The molecule has 1 amide bonds. The number of nitrogen functional groups attached to an aromatic ring is 1. The van der Waals surface area contributed by atoms with Gasteiger partial charge in [0.1, 0.15) is 5.75 Å². The summed E-state index contributed by atoms with van der Waals surface area (Å²) in [6.45, 7) is 3.84. The van der Waals surface area contributed by atoms with E-state index in [0.717, 1.165) is 12.8 Å². The third-order valence-electron chi connectivity index (χ3n) is 2.60. The van der Waals surface area contributed by atoms with Crippen LogP contribution in [-0.4, -0.2) is 31.1 Å². The van der Waals surface area contributed by atoms with Gasteiger partial charge in [-0.25, -0.2) is 8.42 Å². The van der Waals surface area contributed by atoms with Crippen LogP contribution >= 0.6 is 0 Å². The zero-order chi connectivity index (χ0) is 14.5. The van der Waals surface area contributed by atoms with Crippen LogP contribution in [0.5, 0.6) is 0 Å². The first-order chi connectivity index (χ1) is 8.86. The smallest absolute Gasteiger partial charge is 0.235 e. The molecule has 106 valence electrons. The van der Waals surface area contributed by atoms with Gasteiger partial charge in [-0.05, 0) is 19.4 Å². The van der Waals surface area contributed by atoms with E-state index in [1.54, 1.807) is 0 Å². The van der Waals surface area contributed by atoms with Crippen LogP contribution in [0.3, 0.4) is 0 Å². The Morgan fingerprint density at radius 2 is 2.21 bits per heavy atom. The van der Waals surface area contributed by atoms with Crippen molar-refractivity contribution in [2.45, 2.75) is 37.6 Å². The van der Waals surface area contributed by atoms with E-state index in [-0.39, 0.29) is 16.6 Å². The van der Waals surface area contributed by atoms with E-state index in [1.807, 2.05) is 13.8 Å². The van der Waals surface area contributed by atoms with Crippen LogP contribution in [0, 0.1) is 0 Å². The average Bonchev–Trinajstić information content (AvgIpc) is 2.28. The van der Waals surface area contributed by atoms with E-state index >= 15 is 0 Å². The van der Waals surface area contributed by atoms with Gasteiger partial charge in [-0.15, -0.1) is 0 Å². The monoisotopic (exact) mass is 285 g/mol. The third kappa shape index (κ3) is 4.51. The van der Waals surface area contributed by atoms with Gasteiger partial charge in [0.15, 0.2) is 9.84 Å². The fraction of sp³-hybridized carbons (Fsp3) is 0.500. The second-order valence-electron chi connectivity index (χ2n) is 4.43. The summed E-state index contributed by atoms with van der Waals surface area (Å²) in [4.78, 5) is 15.3. The molecule has 0 spiro atoms. The third-order valence-corrected chi connectivity index (χ3v) is 4.28. The number of sulfone groups is 1. The molecule has 1 atom stereocenters. The largest absolute Gasteiger partial charge is 0.396 e. The molecule has 0 aliphatic rings. The highest BCUT2D eigenvalue weighted by Crippen LogP contribution is 2.17. The lowest BCUT2D eigenvalue weighted by atomic mass is 10.2. The van der Waals surface area contributed by atoms with Crippen LogP contribution in [0.1, 0.15) is 26.7 Å². The Morgan fingerprint density at radius 3 is 2.79 bits per heavy atom. The molecule has 0 aliphatic carbocycles. The van der Waals surface area contributed by atoms with Gasteiger partial charge in [-0.1, -0.05) is 13.3 Å². The number of pyridine rings is 1. The van der Waals surface area contributed by atoms with Crippen molar-refractivity contribution in [3.05, 3.63) is 18.5 Å². The standard InChI is InChI=1S/C12H19N3O3S/c1-3-4-9(2)15-12(16)8-19(17,18)11-5-6-14-7-10(11)13/h5-7,9H,3-4,8,13H2,1-2H3,(H,15,16). The van der Waals surface area contributed by atoms with E-state index < -0.39 is 21.5 Å². The number of amides is 1. The first-order valence-electron chi connectivity index (χ1n) is 6.08. The number of rotatable bonds is 6. The molecule has 0 bridgehead atoms. The van der Waals surface area contributed by atoms with Crippen molar-refractivity contribution in [2.24, 2.45) is 0 Å². The highest BCUT2D eigenvalue weighted by molar-refractivity contribution is 7.92.